The van der Waals surface area contributed by atoms with E-state index in [4.69, 9.17) is 4.74 Å². The van der Waals surface area contributed by atoms with E-state index in [2.05, 4.69) is 10.3 Å². The maximum Gasteiger partial charge on any atom is 0.412 e. The zero-order chi connectivity index (χ0) is 17.0. The zero-order valence-electron chi connectivity index (χ0n) is 13.2. The summed E-state index contributed by atoms with van der Waals surface area (Å²) in [7, 11) is 0. The van der Waals surface area contributed by atoms with Gasteiger partial charge in [0.2, 0.25) is 0 Å². The molecule has 2 N–H and O–H groups in total. The fraction of sp³-hybridized carbons (Fsp3) is 0.235. The summed E-state index contributed by atoms with van der Waals surface area (Å²) < 4.78 is 5.17. The topological polar surface area (TPSA) is 88.5 Å². The van der Waals surface area contributed by atoms with E-state index in [1.807, 2.05) is 0 Å². The molecular weight excluding hydrogens is 296 g/mol. The van der Waals surface area contributed by atoms with E-state index < -0.39 is 17.7 Å². The molecule has 0 fully saturated rings. The summed E-state index contributed by atoms with van der Waals surface area (Å²) in [5.41, 5.74) is 1.13. The number of hydrogen-bond acceptors (Lipinski definition) is 4. The zero-order valence-corrected chi connectivity index (χ0v) is 13.2. The standard InChI is InChI=1S/C17H18N2O4/c1-17(2,3)23-16(22)19-12-8-6-11(7-9-12)14-13(15(20)21)5-4-10-18-14/h4-10H,1-3H3,(H,19,22)(H,20,21). The minimum absolute atomic E-state index is 0.125. The van der Waals surface area contributed by atoms with E-state index >= 15 is 0 Å². The summed E-state index contributed by atoms with van der Waals surface area (Å²) in [5, 5.41) is 11.8. The lowest BCUT2D eigenvalue weighted by molar-refractivity contribution is 0.0634. The fourth-order valence-corrected chi connectivity index (χ4v) is 1.94. The maximum atomic E-state index is 11.7. The molecule has 0 spiro atoms. The Kier molecular flexibility index (Phi) is 4.64. The summed E-state index contributed by atoms with van der Waals surface area (Å²) in [4.78, 5) is 27.0. The van der Waals surface area contributed by atoms with Crippen molar-refractivity contribution in [3.05, 3.63) is 48.2 Å². The molecule has 1 aromatic heterocycles. The van der Waals surface area contributed by atoms with Gasteiger partial charge in [0.15, 0.2) is 0 Å². The number of anilines is 1. The van der Waals surface area contributed by atoms with Crippen LogP contribution in [0.5, 0.6) is 0 Å². The highest BCUT2D eigenvalue weighted by Crippen LogP contribution is 2.23. The number of aromatic nitrogens is 1. The van der Waals surface area contributed by atoms with Gasteiger partial charge in [-0.15, -0.1) is 0 Å². The quantitative estimate of drug-likeness (QED) is 0.899. The Bertz CT molecular complexity index is 718. The minimum atomic E-state index is -1.04. The van der Waals surface area contributed by atoms with Gasteiger partial charge >= 0.3 is 12.1 Å². The molecule has 0 aliphatic carbocycles. The van der Waals surface area contributed by atoms with Crippen molar-refractivity contribution in [1.82, 2.24) is 4.98 Å². The molecule has 0 saturated carbocycles. The summed E-state index contributed by atoms with van der Waals surface area (Å²) in [6, 6.07) is 9.80. The van der Waals surface area contributed by atoms with Crippen LogP contribution in [0.2, 0.25) is 0 Å². The van der Waals surface area contributed by atoms with Crippen molar-refractivity contribution in [2.75, 3.05) is 5.32 Å². The molecule has 120 valence electrons. The van der Waals surface area contributed by atoms with E-state index in [0.717, 1.165) is 0 Å². The molecule has 2 rings (SSSR count). The Morgan fingerprint density at radius 2 is 1.78 bits per heavy atom. The van der Waals surface area contributed by atoms with Crippen molar-refractivity contribution in [3.8, 4) is 11.3 Å². The molecule has 6 nitrogen and oxygen atoms in total. The van der Waals surface area contributed by atoms with Crippen LogP contribution in [0.4, 0.5) is 10.5 Å². The fourth-order valence-electron chi connectivity index (χ4n) is 1.94. The molecule has 6 heteroatoms. The first kappa shape index (κ1) is 16.5. The predicted molar refractivity (Wildman–Crippen MR) is 86.5 cm³/mol. The number of carbonyl (C=O) groups is 2. The van der Waals surface area contributed by atoms with Gasteiger partial charge in [0.1, 0.15) is 5.60 Å². The van der Waals surface area contributed by atoms with Crippen molar-refractivity contribution in [1.29, 1.82) is 0 Å². The van der Waals surface area contributed by atoms with Crippen LogP contribution in [0.25, 0.3) is 11.3 Å². The number of aromatic carboxylic acids is 1. The van der Waals surface area contributed by atoms with Crippen LogP contribution >= 0.6 is 0 Å². The van der Waals surface area contributed by atoms with Gasteiger partial charge in [0, 0.05) is 17.4 Å². The largest absolute Gasteiger partial charge is 0.478 e. The van der Waals surface area contributed by atoms with E-state index in [1.165, 1.54) is 12.3 Å². The first-order valence-corrected chi connectivity index (χ1v) is 7.05. The maximum absolute atomic E-state index is 11.7. The molecule has 0 radical (unpaired) electrons. The third-order valence-electron chi connectivity index (χ3n) is 2.84. The first-order chi connectivity index (χ1) is 10.8. The van der Waals surface area contributed by atoms with Gasteiger partial charge in [-0.25, -0.2) is 9.59 Å². The number of rotatable bonds is 3. The monoisotopic (exact) mass is 314 g/mol. The van der Waals surface area contributed by atoms with Gasteiger partial charge in [-0.3, -0.25) is 10.3 Å². The van der Waals surface area contributed by atoms with Crippen molar-refractivity contribution in [3.63, 3.8) is 0 Å². The van der Waals surface area contributed by atoms with E-state index in [1.54, 1.807) is 51.1 Å². The van der Waals surface area contributed by atoms with Crippen LogP contribution in [0.1, 0.15) is 31.1 Å². The van der Waals surface area contributed by atoms with Crippen LogP contribution in [-0.2, 0) is 4.74 Å². The van der Waals surface area contributed by atoms with E-state index in [-0.39, 0.29) is 5.56 Å². The average molecular weight is 314 g/mol. The van der Waals surface area contributed by atoms with Crippen LogP contribution in [0.3, 0.4) is 0 Å². The van der Waals surface area contributed by atoms with Crippen LogP contribution in [0.15, 0.2) is 42.6 Å². The number of nitrogens with zero attached hydrogens (tertiary/aromatic N) is 1. The highest BCUT2D eigenvalue weighted by molar-refractivity contribution is 5.95. The SMILES string of the molecule is CC(C)(C)OC(=O)Nc1ccc(-c2ncccc2C(=O)O)cc1. The second-order valence-corrected chi connectivity index (χ2v) is 5.91. The number of pyridine rings is 1. The highest BCUT2D eigenvalue weighted by atomic mass is 16.6. The summed E-state index contributed by atoms with van der Waals surface area (Å²) >= 11 is 0. The summed E-state index contributed by atoms with van der Waals surface area (Å²) in [6.07, 6.45) is 0.989. The number of nitrogens with one attached hydrogen (secondary N) is 1. The molecule has 1 amide bonds. The Hall–Kier alpha value is -2.89. The van der Waals surface area contributed by atoms with Gasteiger partial charge in [0.25, 0.3) is 0 Å². The van der Waals surface area contributed by atoms with Gasteiger partial charge in [-0.2, -0.15) is 0 Å². The Morgan fingerprint density at radius 3 is 2.35 bits per heavy atom. The molecular formula is C17H18N2O4. The number of carboxylic acid groups (broad SMARTS) is 1. The summed E-state index contributed by atoms with van der Waals surface area (Å²) in [6.45, 7) is 5.35. The van der Waals surface area contributed by atoms with Gasteiger partial charge in [0.05, 0.1) is 11.3 Å². The Morgan fingerprint density at radius 1 is 1.13 bits per heavy atom. The molecule has 0 atom stereocenters. The molecule has 0 bridgehead atoms. The lowest BCUT2D eigenvalue weighted by Crippen LogP contribution is -2.27. The number of carbonyl (C=O) groups excluding carboxylic acids is 1. The average Bonchev–Trinajstić information content (AvgIpc) is 2.46. The predicted octanol–water partition coefficient (Wildman–Crippen LogP) is 3.79. The van der Waals surface area contributed by atoms with Crippen molar-refractivity contribution in [2.45, 2.75) is 26.4 Å². The molecule has 23 heavy (non-hydrogen) atoms. The van der Waals surface area contributed by atoms with Crippen LogP contribution in [0, 0.1) is 0 Å². The van der Waals surface area contributed by atoms with Gasteiger partial charge < -0.3 is 9.84 Å². The lowest BCUT2D eigenvalue weighted by Gasteiger charge is -2.19. The third-order valence-corrected chi connectivity index (χ3v) is 2.84. The van der Waals surface area contributed by atoms with Gasteiger partial charge in [-0.1, -0.05) is 12.1 Å². The first-order valence-electron chi connectivity index (χ1n) is 7.05. The normalized spacial score (nSPS) is 10.9. The van der Waals surface area contributed by atoms with E-state index in [9.17, 15) is 14.7 Å². The van der Waals surface area contributed by atoms with Crippen LogP contribution in [-0.4, -0.2) is 27.8 Å². The highest BCUT2D eigenvalue weighted by Gasteiger charge is 2.16. The third kappa shape index (κ3) is 4.54. The molecule has 0 saturated heterocycles. The Labute approximate surface area is 134 Å². The van der Waals surface area contributed by atoms with Crippen molar-refractivity contribution < 1.29 is 19.4 Å². The number of benzene rings is 1. The number of amides is 1. The summed E-state index contributed by atoms with van der Waals surface area (Å²) in [5.74, 6) is -1.04. The molecule has 2 aromatic rings. The number of carboxylic acids is 1. The van der Waals surface area contributed by atoms with E-state index in [0.29, 0.717) is 16.9 Å². The Balaban J connectivity index is 2.18. The molecule has 0 aliphatic heterocycles. The molecule has 0 aliphatic rings. The van der Waals surface area contributed by atoms with Crippen molar-refractivity contribution >= 4 is 17.7 Å². The van der Waals surface area contributed by atoms with Gasteiger partial charge in [-0.05, 0) is 45.0 Å². The molecule has 1 heterocycles. The molecule has 1 aromatic carbocycles. The van der Waals surface area contributed by atoms with Crippen molar-refractivity contribution in [2.24, 2.45) is 0 Å². The van der Waals surface area contributed by atoms with Crippen LogP contribution < -0.4 is 5.32 Å². The second kappa shape index (κ2) is 6.48. The number of hydrogen-bond donors (Lipinski definition) is 2. The lowest BCUT2D eigenvalue weighted by atomic mass is 10.1. The minimum Gasteiger partial charge on any atom is -0.478 e. The number of ether oxygens (including phenoxy) is 1. The molecule has 0 unspecified atom stereocenters. The second-order valence-electron chi connectivity index (χ2n) is 5.91. The smallest absolute Gasteiger partial charge is 0.412 e.